The summed E-state index contributed by atoms with van der Waals surface area (Å²) in [7, 11) is 0. The number of carbonyl (C=O) groups is 1. The van der Waals surface area contributed by atoms with Crippen LogP contribution in [0.5, 0.6) is 0 Å². The molecular weight excluding hydrogens is 196 g/mol. The van der Waals surface area contributed by atoms with Crippen molar-refractivity contribution >= 4 is 5.97 Å². The zero-order chi connectivity index (χ0) is 10.7. The van der Waals surface area contributed by atoms with Crippen molar-refractivity contribution < 1.29 is 9.90 Å². The number of hydrogen-bond donors (Lipinski definition) is 1. The highest BCUT2D eigenvalue weighted by atomic mass is 16.4. The van der Waals surface area contributed by atoms with Crippen LogP contribution < -0.4 is 0 Å². The van der Waals surface area contributed by atoms with Gasteiger partial charge in [-0.3, -0.25) is 4.98 Å². The Morgan fingerprint density at radius 2 is 2.07 bits per heavy atom. The molecule has 2 aromatic heterocycles. The van der Waals surface area contributed by atoms with Crippen molar-refractivity contribution in [3.05, 3.63) is 36.5 Å². The molecule has 0 amide bonds. The highest BCUT2D eigenvalue weighted by Gasteiger charge is 2.07. The summed E-state index contributed by atoms with van der Waals surface area (Å²) in [6, 6.07) is 1.68. The number of rotatable bonds is 2. The molecule has 0 unspecified atom stereocenters. The Morgan fingerprint density at radius 3 is 2.73 bits per heavy atom. The summed E-state index contributed by atoms with van der Waals surface area (Å²) in [5, 5.41) is 16.0. The third kappa shape index (κ3) is 1.93. The third-order valence-electron chi connectivity index (χ3n) is 1.73. The predicted molar refractivity (Wildman–Crippen MR) is 50.0 cm³/mol. The van der Waals surface area contributed by atoms with Crippen LogP contribution in [0.2, 0.25) is 0 Å². The van der Waals surface area contributed by atoms with Crippen molar-refractivity contribution in [1.82, 2.24) is 20.2 Å². The van der Waals surface area contributed by atoms with Gasteiger partial charge in [0, 0.05) is 5.56 Å². The first kappa shape index (κ1) is 9.20. The van der Waals surface area contributed by atoms with Gasteiger partial charge < -0.3 is 5.11 Å². The standard InChI is InChI=1S/C9H6N4O2/c14-9(15)8-5-10-4-7(13-8)6-1-2-11-12-3-6/h1-5H,(H,14,15). The molecule has 6 heteroatoms. The van der Waals surface area contributed by atoms with Crippen molar-refractivity contribution in [3.8, 4) is 11.3 Å². The number of aromatic nitrogens is 4. The Bertz CT molecular complexity index is 486. The summed E-state index contributed by atoms with van der Waals surface area (Å²) in [6.07, 6.45) is 5.67. The normalized spacial score (nSPS) is 9.87. The van der Waals surface area contributed by atoms with E-state index in [9.17, 15) is 4.79 Å². The van der Waals surface area contributed by atoms with Crippen molar-refractivity contribution in [1.29, 1.82) is 0 Å². The van der Waals surface area contributed by atoms with E-state index < -0.39 is 5.97 Å². The number of nitrogens with zero attached hydrogens (tertiary/aromatic N) is 4. The molecule has 0 saturated carbocycles. The minimum atomic E-state index is -1.11. The summed E-state index contributed by atoms with van der Waals surface area (Å²) in [5.41, 5.74) is 1.05. The highest BCUT2D eigenvalue weighted by Crippen LogP contribution is 2.13. The molecule has 0 fully saturated rings. The first-order valence-electron chi connectivity index (χ1n) is 4.10. The predicted octanol–water partition coefficient (Wildman–Crippen LogP) is 0.632. The van der Waals surface area contributed by atoms with E-state index in [1.807, 2.05) is 0 Å². The van der Waals surface area contributed by atoms with E-state index in [0.29, 0.717) is 11.3 Å². The minimum absolute atomic E-state index is 0.0932. The van der Waals surface area contributed by atoms with Gasteiger partial charge in [-0.15, -0.1) is 0 Å². The smallest absolute Gasteiger partial charge is 0.356 e. The maximum atomic E-state index is 10.7. The molecule has 0 radical (unpaired) electrons. The Hall–Kier alpha value is -2.37. The van der Waals surface area contributed by atoms with Crippen LogP contribution in [0, 0.1) is 0 Å². The summed E-state index contributed by atoms with van der Waals surface area (Å²) < 4.78 is 0. The summed E-state index contributed by atoms with van der Waals surface area (Å²) in [5.74, 6) is -1.11. The molecule has 0 aliphatic heterocycles. The SMILES string of the molecule is O=C(O)c1cncc(-c2ccnnc2)n1. The first-order chi connectivity index (χ1) is 7.27. The second-order valence-corrected chi connectivity index (χ2v) is 2.73. The first-order valence-corrected chi connectivity index (χ1v) is 4.10. The molecule has 15 heavy (non-hydrogen) atoms. The lowest BCUT2D eigenvalue weighted by molar-refractivity contribution is 0.0690. The monoisotopic (exact) mass is 202 g/mol. The van der Waals surface area contributed by atoms with Crippen LogP contribution in [-0.2, 0) is 0 Å². The van der Waals surface area contributed by atoms with Gasteiger partial charge >= 0.3 is 5.97 Å². The molecule has 0 aliphatic carbocycles. The molecule has 0 aromatic carbocycles. The average Bonchev–Trinajstić information content (AvgIpc) is 2.30. The van der Waals surface area contributed by atoms with Crippen LogP contribution in [-0.4, -0.2) is 31.2 Å². The van der Waals surface area contributed by atoms with Gasteiger partial charge in [0.25, 0.3) is 0 Å². The zero-order valence-electron chi connectivity index (χ0n) is 7.53. The lowest BCUT2D eigenvalue weighted by Crippen LogP contribution is -2.02. The van der Waals surface area contributed by atoms with E-state index in [4.69, 9.17) is 5.11 Å². The lowest BCUT2D eigenvalue weighted by Gasteiger charge is -1.99. The molecule has 74 valence electrons. The number of carboxylic acids is 1. The summed E-state index contributed by atoms with van der Waals surface area (Å²) in [4.78, 5) is 18.4. The van der Waals surface area contributed by atoms with Gasteiger partial charge in [0.2, 0.25) is 0 Å². The zero-order valence-corrected chi connectivity index (χ0v) is 7.53. The van der Waals surface area contributed by atoms with Gasteiger partial charge in [-0.05, 0) is 6.07 Å². The Balaban J connectivity index is 2.46. The quantitative estimate of drug-likeness (QED) is 0.768. The molecule has 6 nitrogen and oxygen atoms in total. The van der Waals surface area contributed by atoms with E-state index in [2.05, 4.69) is 20.2 Å². The van der Waals surface area contributed by atoms with E-state index >= 15 is 0 Å². The maximum Gasteiger partial charge on any atom is 0.356 e. The van der Waals surface area contributed by atoms with Crippen LogP contribution in [0.15, 0.2) is 30.9 Å². The van der Waals surface area contributed by atoms with E-state index in [-0.39, 0.29) is 5.69 Å². The molecule has 2 rings (SSSR count). The van der Waals surface area contributed by atoms with E-state index in [1.54, 1.807) is 6.07 Å². The Morgan fingerprint density at radius 1 is 1.20 bits per heavy atom. The van der Waals surface area contributed by atoms with Crippen molar-refractivity contribution in [2.45, 2.75) is 0 Å². The molecule has 0 spiro atoms. The highest BCUT2D eigenvalue weighted by molar-refractivity contribution is 5.85. The van der Waals surface area contributed by atoms with Gasteiger partial charge in [-0.2, -0.15) is 10.2 Å². The molecule has 0 saturated heterocycles. The largest absolute Gasteiger partial charge is 0.476 e. The van der Waals surface area contributed by atoms with Crippen LogP contribution in [0.3, 0.4) is 0 Å². The lowest BCUT2D eigenvalue weighted by atomic mass is 10.2. The Labute approximate surface area is 84.7 Å². The van der Waals surface area contributed by atoms with Gasteiger partial charge in [-0.25, -0.2) is 9.78 Å². The molecule has 0 aliphatic rings. The molecule has 1 N–H and O–H groups in total. The molecule has 2 aromatic rings. The van der Waals surface area contributed by atoms with Gasteiger partial charge in [-0.1, -0.05) is 0 Å². The fraction of sp³-hybridized carbons (Fsp3) is 0. The average molecular weight is 202 g/mol. The second kappa shape index (κ2) is 3.79. The number of aromatic carboxylic acids is 1. The molecular formula is C9H6N4O2. The summed E-state index contributed by atoms with van der Waals surface area (Å²) >= 11 is 0. The molecule has 0 bridgehead atoms. The summed E-state index contributed by atoms with van der Waals surface area (Å²) in [6.45, 7) is 0. The van der Waals surface area contributed by atoms with Crippen molar-refractivity contribution in [3.63, 3.8) is 0 Å². The van der Waals surface area contributed by atoms with Crippen LogP contribution in [0.25, 0.3) is 11.3 Å². The van der Waals surface area contributed by atoms with E-state index in [1.165, 1.54) is 24.8 Å². The van der Waals surface area contributed by atoms with Gasteiger partial charge in [0.1, 0.15) is 0 Å². The molecule has 2 heterocycles. The third-order valence-corrected chi connectivity index (χ3v) is 1.73. The minimum Gasteiger partial charge on any atom is -0.476 e. The van der Waals surface area contributed by atoms with Crippen LogP contribution >= 0.6 is 0 Å². The van der Waals surface area contributed by atoms with Gasteiger partial charge in [0.15, 0.2) is 5.69 Å². The fourth-order valence-electron chi connectivity index (χ4n) is 1.05. The number of carboxylic acid groups (broad SMARTS) is 1. The van der Waals surface area contributed by atoms with Gasteiger partial charge in [0.05, 0.1) is 30.5 Å². The van der Waals surface area contributed by atoms with E-state index in [0.717, 1.165) is 0 Å². The Kier molecular flexibility index (Phi) is 2.32. The van der Waals surface area contributed by atoms with Crippen molar-refractivity contribution in [2.24, 2.45) is 0 Å². The number of hydrogen-bond acceptors (Lipinski definition) is 5. The molecule has 0 atom stereocenters. The van der Waals surface area contributed by atoms with Crippen molar-refractivity contribution in [2.75, 3.05) is 0 Å². The second-order valence-electron chi connectivity index (χ2n) is 2.73. The topological polar surface area (TPSA) is 88.9 Å². The maximum absolute atomic E-state index is 10.7. The fourth-order valence-corrected chi connectivity index (χ4v) is 1.05. The van der Waals surface area contributed by atoms with Crippen LogP contribution in [0.1, 0.15) is 10.5 Å². The van der Waals surface area contributed by atoms with Crippen LogP contribution in [0.4, 0.5) is 0 Å².